The first kappa shape index (κ1) is 14.3. The first-order valence-corrected chi connectivity index (χ1v) is 10.6. The van der Waals surface area contributed by atoms with E-state index in [1.54, 1.807) is 0 Å². The van der Waals surface area contributed by atoms with Crippen LogP contribution in [-0.2, 0) is 0 Å². The number of rotatable bonds is 5. The van der Waals surface area contributed by atoms with Crippen LogP contribution >= 0.6 is 0 Å². The molecule has 0 saturated carbocycles. The Balaban J connectivity index is 1.97. The number of nitrogens with zero attached hydrogens (tertiary/aromatic N) is 2. The largest absolute Gasteiger partial charge is 0.288 e. The summed E-state index contributed by atoms with van der Waals surface area (Å²) in [7, 11) is -0.701. The van der Waals surface area contributed by atoms with E-state index in [9.17, 15) is 0 Å². The Morgan fingerprint density at radius 3 is 1.78 bits per heavy atom. The molecule has 0 aromatic carbocycles. The lowest BCUT2D eigenvalue weighted by atomic mass is 10.1. The third-order valence-electron chi connectivity index (χ3n) is 4.61. The van der Waals surface area contributed by atoms with Gasteiger partial charge in [0.1, 0.15) is 0 Å². The van der Waals surface area contributed by atoms with E-state index in [4.69, 9.17) is 0 Å². The standard InChI is InChI=1S/C15H30N2Si/c1-3-18(2)14-15(16-10-6-4-7-11-16)17-12-8-5-9-13-17/h3,15,18H,1,4-14H2,2H3. The summed E-state index contributed by atoms with van der Waals surface area (Å²) in [4.78, 5) is 5.56. The molecule has 0 aromatic rings. The average molecular weight is 267 g/mol. The molecule has 104 valence electrons. The summed E-state index contributed by atoms with van der Waals surface area (Å²) in [6, 6.07) is 1.41. The Bertz CT molecular complexity index is 227. The SMILES string of the molecule is C=C[SiH](C)CC(N1CCCCC1)N1CCCCC1. The van der Waals surface area contributed by atoms with Gasteiger partial charge in [0.05, 0.1) is 15.0 Å². The molecule has 0 aliphatic carbocycles. The molecule has 2 aliphatic rings. The van der Waals surface area contributed by atoms with Gasteiger partial charge in [-0.15, -0.1) is 12.3 Å². The summed E-state index contributed by atoms with van der Waals surface area (Å²) in [6.07, 6.45) is 9.27. The molecular formula is C15H30N2Si. The zero-order chi connectivity index (χ0) is 12.8. The second kappa shape index (κ2) is 7.46. The molecule has 2 saturated heterocycles. The summed E-state index contributed by atoms with van der Waals surface area (Å²) >= 11 is 0. The van der Waals surface area contributed by atoms with E-state index in [0.717, 1.165) is 6.17 Å². The highest BCUT2D eigenvalue weighted by Crippen LogP contribution is 2.22. The maximum absolute atomic E-state index is 4.03. The van der Waals surface area contributed by atoms with Gasteiger partial charge in [0.15, 0.2) is 0 Å². The van der Waals surface area contributed by atoms with Crippen LogP contribution in [0.25, 0.3) is 0 Å². The molecule has 2 rings (SSSR count). The van der Waals surface area contributed by atoms with Gasteiger partial charge in [0.25, 0.3) is 0 Å². The highest BCUT2D eigenvalue weighted by Gasteiger charge is 2.28. The summed E-state index contributed by atoms with van der Waals surface area (Å²) in [6.45, 7) is 11.8. The Hall–Kier alpha value is -0.123. The van der Waals surface area contributed by atoms with E-state index in [1.165, 1.54) is 70.7 Å². The Morgan fingerprint density at radius 1 is 0.944 bits per heavy atom. The summed E-state index contributed by atoms with van der Waals surface area (Å²) in [5.74, 6) is 0. The van der Waals surface area contributed by atoms with Gasteiger partial charge in [-0.2, -0.15) is 0 Å². The maximum atomic E-state index is 4.03. The molecule has 1 unspecified atom stereocenters. The van der Waals surface area contributed by atoms with Gasteiger partial charge >= 0.3 is 0 Å². The van der Waals surface area contributed by atoms with Crippen molar-refractivity contribution in [1.82, 2.24) is 9.80 Å². The van der Waals surface area contributed by atoms with Crippen LogP contribution in [0.4, 0.5) is 0 Å². The highest BCUT2D eigenvalue weighted by atomic mass is 28.3. The molecule has 2 nitrogen and oxygen atoms in total. The highest BCUT2D eigenvalue weighted by molar-refractivity contribution is 6.62. The van der Waals surface area contributed by atoms with Crippen molar-refractivity contribution in [1.29, 1.82) is 0 Å². The monoisotopic (exact) mass is 266 g/mol. The van der Waals surface area contributed by atoms with Crippen molar-refractivity contribution in [2.75, 3.05) is 26.2 Å². The molecule has 0 radical (unpaired) electrons. The van der Waals surface area contributed by atoms with Crippen LogP contribution in [0.15, 0.2) is 12.3 Å². The molecule has 0 spiro atoms. The summed E-state index contributed by atoms with van der Waals surface area (Å²) in [5.41, 5.74) is 2.26. The van der Waals surface area contributed by atoms with Gasteiger partial charge in [0, 0.05) is 0 Å². The molecule has 0 aromatic heterocycles. The zero-order valence-corrected chi connectivity index (χ0v) is 13.3. The van der Waals surface area contributed by atoms with Gasteiger partial charge in [-0.25, -0.2) is 0 Å². The molecule has 0 amide bonds. The van der Waals surface area contributed by atoms with Crippen LogP contribution in [-0.4, -0.2) is 50.9 Å². The van der Waals surface area contributed by atoms with Gasteiger partial charge in [-0.3, -0.25) is 9.80 Å². The van der Waals surface area contributed by atoms with Crippen molar-refractivity contribution < 1.29 is 0 Å². The van der Waals surface area contributed by atoms with Gasteiger partial charge in [-0.05, 0) is 57.9 Å². The van der Waals surface area contributed by atoms with Crippen LogP contribution in [0, 0.1) is 0 Å². The quantitative estimate of drug-likeness (QED) is 0.706. The number of likely N-dealkylation sites (tertiary alicyclic amines) is 2. The Kier molecular flexibility index (Phi) is 5.92. The minimum atomic E-state index is -0.701. The summed E-state index contributed by atoms with van der Waals surface area (Å²) in [5, 5.41) is 0. The topological polar surface area (TPSA) is 6.48 Å². The number of hydrogen-bond acceptors (Lipinski definition) is 2. The van der Waals surface area contributed by atoms with Crippen LogP contribution in [0.5, 0.6) is 0 Å². The predicted octanol–water partition coefficient (Wildman–Crippen LogP) is 2.87. The van der Waals surface area contributed by atoms with Crippen molar-refractivity contribution in [2.24, 2.45) is 0 Å². The van der Waals surface area contributed by atoms with Crippen LogP contribution in [0.3, 0.4) is 0 Å². The van der Waals surface area contributed by atoms with Gasteiger partial charge in [0.2, 0.25) is 0 Å². The van der Waals surface area contributed by atoms with Crippen molar-refractivity contribution in [3.63, 3.8) is 0 Å². The van der Waals surface area contributed by atoms with Crippen molar-refractivity contribution in [2.45, 2.75) is 57.3 Å². The molecule has 1 atom stereocenters. The Labute approximate surface area is 115 Å². The first-order valence-electron chi connectivity index (χ1n) is 7.92. The van der Waals surface area contributed by atoms with E-state index < -0.39 is 8.80 Å². The smallest absolute Gasteiger partial charge is 0.0605 e. The molecule has 2 heterocycles. The fourth-order valence-electron chi connectivity index (χ4n) is 3.39. The molecule has 0 bridgehead atoms. The molecule has 0 N–H and O–H groups in total. The second-order valence-corrected chi connectivity index (χ2v) is 9.02. The zero-order valence-electron chi connectivity index (χ0n) is 12.1. The van der Waals surface area contributed by atoms with Crippen molar-refractivity contribution >= 4 is 8.80 Å². The number of hydrogen-bond donors (Lipinski definition) is 0. The molecule has 2 fully saturated rings. The minimum Gasteiger partial charge on any atom is -0.288 e. The Morgan fingerprint density at radius 2 is 1.39 bits per heavy atom. The van der Waals surface area contributed by atoms with E-state index in [1.807, 2.05) is 0 Å². The van der Waals surface area contributed by atoms with Gasteiger partial charge in [-0.1, -0.05) is 19.4 Å². The molecule has 18 heavy (non-hydrogen) atoms. The van der Waals surface area contributed by atoms with E-state index in [-0.39, 0.29) is 0 Å². The summed E-state index contributed by atoms with van der Waals surface area (Å²) < 4.78 is 0. The minimum absolute atomic E-state index is 0.701. The third-order valence-corrected chi connectivity index (χ3v) is 6.58. The normalized spacial score (nSPS) is 25.2. The van der Waals surface area contributed by atoms with Crippen molar-refractivity contribution in [3.8, 4) is 0 Å². The fourth-order valence-corrected chi connectivity index (χ4v) is 4.84. The molecule has 2 aliphatic heterocycles. The average Bonchev–Trinajstić information content (AvgIpc) is 2.46. The first-order chi connectivity index (χ1) is 8.81. The lowest BCUT2D eigenvalue weighted by Gasteiger charge is -2.43. The van der Waals surface area contributed by atoms with Crippen LogP contribution in [0.1, 0.15) is 38.5 Å². The van der Waals surface area contributed by atoms with Crippen LogP contribution in [0.2, 0.25) is 12.6 Å². The van der Waals surface area contributed by atoms with E-state index >= 15 is 0 Å². The van der Waals surface area contributed by atoms with Gasteiger partial charge < -0.3 is 0 Å². The number of piperidine rings is 2. The van der Waals surface area contributed by atoms with E-state index in [2.05, 4.69) is 28.6 Å². The lowest BCUT2D eigenvalue weighted by Crippen LogP contribution is -2.52. The van der Waals surface area contributed by atoms with E-state index in [0.29, 0.717) is 0 Å². The molecular weight excluding hydrogens is 236 g/mol. The van der Waals surface area contributed by atoms with Crippen LogP contribution < -0.4 is 0 Å². The second-order valence-electron chi connectivity index (χ2n) is 6.12. The lowest BCUT2D eigenvalue weighted by molar-refractivity contribution is 0.0290. The fraction of sp³-hybridized carbons (Fsp3) is 0.867. The third kappa shape index (κ3) is 3.94. The maximum Gasteiger partial charge on any atom is 0.0605 e. The predicted molar refractivity (Wildman–Crippen MR) is 82.7 cm³/mol. The van der Waals surface area contributed by atoms with Crippen molar-refractivity contribution in [3.05, 3.63) is 12.3 Å². The molecule has 3 heteroatoms.